The summed E-state index contributed by atoms with van der Waals surface area (Å²) in [5.74, 6) is 2.92. The summed E-state index contributed by atoms with van der Waals surface area (Å²) in [4.78, 5) is 31.3. The summed E-state index contributed by atoms with van der Waals surface area (Å²) >= 11 is 0. The first kappa shape index (κ1) is 18.2. The number of amides is 2. The molecule has 3 saturated carbocycles. The summed E-state index contributed by atoms with van der Waals surface area (Å²) in [5, 5.41) is 6.85. The van der Waals surface area contributed by atoms with Gasteiger partial charge in [-0.1, -0.05) is 44.3 Å². The third kappa shape index (κ3) is 3.05. The van der Waals surface area contributed by atoms with E-state index in [0.717, 1.165) is 24.2 Å². The first-order valence-electron chi connectivity index (χ1n) is 11.2. The molecule has 0 aromatic heterocycles. The molecule has 0 aromatic rings. The molecule has 2 amide bonds. The molecule has 28 heavy (non-hydrogen) atoms. The molecular weight excluding hydrogens is 352 g/mol. The van der Waals surface area contributed by atoms with E-state index in [1.165, 1.54) is 43.4 Å². The predicted octanol–water partition coefficient (Wildman–Crippen LogP) is 1.93. The fraction of sp³-hybridized carbons (Fsp3) is 0.773. The van der Waals surface area contributed by atoms with Crippen LogP contribution in [-0.4, -0.2) is 48.9 Å². The van der Waals surface area contributed by atoms with Gasteiger partial charge in [0, 0.05) is 26.2 Å². The largest absolute Gasteiger partial charge is 0.355 e. The Kier molecular flexibility index (Phi) is 4.68. The lowest BCUT2D eigenvalue weighted by molar-refractivity contribution is -0.140. The third-order valence-corrected chi connectivity index (χ3v) is 7.83. The molecule has 6 atom stereocenters. The Morgan fingerprint density at radius 2 is 1.75 bits per heavy atom. The van der Waals surface area contributed by atoms with Crippen molar-refractivity contribution in [2.24, 2.45) is 40.5 Å². The van der Waals surface area contributed by atoms with Gasteiger partial charge in [0.05, 0.1) is 11.8 Å². The van der Waals surface area contributed by atoms with E-state index >= 15 is 0 Å². The number of likely N-dealkylation sites (tertiary alicyclic amines) is 1. The van der Waals surface area contributed by atoms with Gasteiger partial charge in [0.2, 0.25) is 11.8 Å². The highest BCUT2D eigenvalue weighted by molar-refractivity contribution is 6.06. The van der Waals surface area contributed by atoms with Crippen molar-refractivity contribution in [3.05, 3.63) is 12.2 Å². The van der Waals surface area contributed by atoms with Gasteiger partial charge in [-0.2, -0.15) is 0 Å². The molecule has 4 aliphatic carbocycles. The lowest BCUT2D eigenvalue weighted by atomic mass is 9.85. The minimum atomic E-state index is -0.0948. The van der Waals surface area contributed by atoms with E-state index in [1.54, 1.807) is 7.05 Å². The zero-order valence-corrected chi connectivity index (χ0v) is 16.8. The van der Waals surface area contributed by atoms with Gasteiger partial charge < -0.3 is 10.6 Å². The van der Waals surface area contributed by atoms with E-state index in [0.29, 0.717) is 19.1 Å². The van der Waals surface area contributed by atoms with Crippen molar-refractivity contribution in [1.29, 1.82) is 0 Å². The summed E-state index contributed by atoms with van der Waals surface area (Å²) in [6.07, 6.45) is 13.5. The lowest BCUT2D eigenvalue weighted by Gasteiger charge is -2.22. The van der Waals surface area contributed by atoms with E-state index in [1.807, 2.05) is 0 Å². The van der Waals surface area contributed by atoms with Gasteiger partial charge in [-0.05, 0) is 36.5 Å². The fourth-order valence-electron chi connectivity index (χ4n) is 6.30. The SMILES string of the molecule is CN=C(NCCN1C(=O)C2C3C=CC(C3)C2C1=O)NC1CC1C1CCCCC1. The number of hydrogen-bond donors (Lipinski definition) is 2. The zero-order valence-electron chi connectivity index (χ0n) is 16.8. The first-order valence-corrected chi connectivity index (χ1v) is 11.2. The number of nitrogens with zero attached hydrogens (tertiary/aromatic N) is 2. The van der Waals surface area contributed by atoms with Crippen LogP contribution in [0.5, 0.6) is 0 Å². The molecule has 4 fully saturated rings. The Morgan fingerprint density at radius 3 is 2.39 bits per heavy atom. The lowest BCUT2D eigenvalue weighted by Crippen LogP contribution is -2.44. The van der Waals surface area contributed by atoms with Gasteiger partial charge in [0.15, 0.2) is 5.96 Å². The molecule has 152 valence electrons. The molecule has 0 aromatic carbocycles. The Labute approximate surface area is 167 Å². The standard InChI is InChI=1S/C22H32N4O2/c1-23-22(25-17-12-16(17)13-5-3-2-4-6-13)24-9-10-26-20(27)18-14-7-8-15(11-14)19(18)21(26)28/h7-8,13-19H,2-6,9-12H2,1H3,(H2,23,24,25). The topological polar surface area (TPSA) is 73.8 Å². The van der Waals surface area contributed by atoms with Crippen LogP contribution in [0.4, 0.5) is 0 Å². The van der Waals surface area contributed by atoms with Crippen molar-refractivity contribution in [2.45, 2.75) is 51.0 Å². The molecule has 1 saturated heterocycles. The normalized spacial score (nSPS) is 39.6. The van der Waals surface area contributed by atoms with Gasteiger partial charge in [-0.3, -0.25) is 19.5 Å². The Morgan fingerprint density at radius 1 is 1.07 bits per heavy atom. The molecule has 6 nitrogen and oxygen atoms in total. The quantitative estimate of drug-likeness (QED) is 0.329. The van der Waals surface area contributed by atoms with Crippen molar-refractivity contribution >= 4 is 17.8 Å². The summed E-state index contributed by atoms with van der Waals surface area (Å²) in [6.45, 7) is 0.988. The van der Waals surface area contributed by atoms with Gasteiger partial charge in [0.25, 0.3) is 0 Å². The van der Waals surface area contributed by atoms with Crippen LogP contribution in [-0.2, 0) is 9.59 Å². The van der Waals surface area contributed by atoms with Crippen LogP contribution in [0.3, 0.4) is 0 Å². The van der Waals surface area contributed by atoms with Crippen LogP contribution in [0.15, 0.2) is 17.1 Å². The molecule has 2 N–H and O–H groups in total. The number of hydrogen-bond acceptors (Lipinski definition) is 3. The summed E-state index contributed by atoms with van der Waals surface area (Å²) in [6, 6.07) is 0.533. The maximum Gasteiger partial charge on any atom is 0.233 e. The molecule has 2 bridgehead atoms. The van der Waals surface area contributed by atoms with Crippen LogP contribution in [0.25, 0.3) is 0 Å². The number of imide groups is 1. The Bertz CT molecular complexity index is 681. The van der Waals surface area contributed by atoms with E-state index in [9.17, 15) is 9.59 Å². The van der Waals surface area contributed by atoms with E-state index in [-0.39, 0.29) is 35.5 Å². The molecule has 6 heteroatoms. The second-order valence-electron chi connectivity index (χ2n) is 9.38. The van der Waals surface area contributed by atoms with Crippen molar-refractivity contribution in [1.82, 2.24) is 15.5 Å². The highest BCUT2D eigenvalue weighted by Crippen LogP contribution is 2.52. The van der Waals surface area contributed by atoms with Crippen LogP contribution in [0, 0.1) is 35.5 Å². The molecule has 1 aliphatic heterocycles. The number of guanidine groups is 1. The van der Waals surface area contributed by atoms with Crippen LogP contribution in [0.2, 0.25) is 0 Å². The molecule has 5 aliphatic rings. The second kappa shape index (κ2) is 7.20. The fourth-order valence-corrected chi connectivity index (χ4v) is 6.30. The number of fused-ring (bicyclic) bond motifs is 5. The van der Waals surface area contributed by atoms with Gasteiger partial charge in [-0.15, -0.1) is 0 Å². The number of nitrogens with one attached hydrogen (secondary N) is 2. The smallest absolute Gasteiger partial charge is 0.233 e. The van der Waals surface area contributed by atoms with Crippen LogP contribution < -0.4 is 10.6 Å². The average molecular weight is 385 g/mol. The summed E-state index contributed by atoms with van der Waals surface area (Å²) in [5.41, 5.74) is 0. The third-order valence-electron chi connectivity index (χ3n) is 7.83. The van der Waals surface area contributed by atoms with Crippen LogP contribution in [0.1, 0.15) is 44.9 Å². The highest BCUT2D eigenvalue weighted by atomic mass is 16.2. The average Bonchev–Trinajstić information content (AvgIpc) is 3.05. The van der Waals surface area contributed by atoms with Gasteiger partial charge in [-0.25, -0.2) is 0 Å². The Balaban J connectivity index is 1.09. The van der Waals surface area contributed by atoms with Crippen molar-refractivity contribution in [3.63, 3.8) is 0 Å². The van der Waals surface area contributed by atoms with Gasteiger partial charge in [0.1, 0.15) is 0 Å². The Hall–Kier alpha value is -1.85. The zero-order chi connectivity index (χ0) is 19.3. The van der Waals surface area contributed by atoms with E-state index in [4.69, 9.17) is 0 Å². The summed E-state index contributed by atoms with van der Waals surface area (Å²) in [7, 11) is 1.78. The number of aliphatic imine (C=N–C) groups is 1. The summed E-state index contributed by atoms with van der Waals surface area (Å²) < 4.78 is 0. The van der Waals surface area contributed by atoms with Crippen molar-refractivity contribution in [2.75, 3.05) is 20.1 Å². The predicted molar refractivity (Wildman–Crippen MR) is 107 cm³/mol. The van der Waals surface area contributed by atoms with Crippen molar-refractivity contribution in [3.8, 4) is 0 Å². The number of carbonyl (C=O) groups excluding carboxylic acids is 2. The van der Waals surface area contributed by atoms with E-state index in [2.05, 4.69) is 27.8 Å². The molecule has 0 radical (unpaired) electrons. The van der Waals surface area contributed by atoms with Crippen LogP contribution >= 0.6 is 0 Å². The molecule has 1 heterocycles. The highest BCUT2D eigenvalue weighted by Gasteiger charge is 2.59. The number of carbonyl (C=O) groups is 2. The minimum absolute atomic E-state index is 0.0381. The molecular formula is C22H32N4O2. The second-order valence-corrected chi connectivity index (χ2v) is 9.38. The molecule has 0 spiro atoms. The monoisotopic (exact) mass is 384 g/mol. The molecule has 6 unspecified atom stereocenters. The van der Waals surface area contributed by atoms with E-state index < -0.39 is 0 Å². The minimum Gasteiger partial charge on any atom is -0.355 e. The number of allylic oxidation sites excluding steroid dienone is 2. The first-order chi connectivity index (χ1) is 13.7. The van der Waals surface area contributed by atoms with Crippen molar-refractivity contribution < 1.29 is 9.59 Å². The maximum absolute atomic E-state index is 12.7. The molecule has 5 rings (SSSR count). The van der Waals surface area contributed by atoms with Gasteiger partial charge >= 0.3 is 0 Å². The maximum atomic E-state index is 12.7. The number of rotatable bonds is 5.